The van der Waals surface area contributed by atoms with Crippen molar-refractivity contribution < 1.29 is 28.9 Å². The first-order chi connectivity index (χ1) is 16.5. The first kappa shape index (κ1) is 23.8. The Kier molecular flexibility index (Phi) is 7.22. The molecule has 0 radical (unpaired) electrons. The van der Waals surface area contributed by atoms with E-state index in [0.717, 1.165) is 25.7 Å². The van der Waals surface area contributed by atoms with Crippen molar-refractivity contribution in [3.05, 3.63) is 64.2 Å². The van der Waals surface area contributed by atoms with Gasteiger partial charge in [-0.2, -0.15) is 0 Å². The molecule has 0 saturated carbocycles. The Morgan fingerprint density at radius 1 is 1.03 bits per heavy atom. The van der Waals surface area contributed by atoms with Crippen LogP contribution in [0.25, 0.3) is 5.76 Å². The van der Waals surface area contributed by atoms with Crippen molar-refractivity contribution in [1.29, 1.82) is 0 Å². The fraction of sp³-hybridized carbons (Fsp3) is 0.407. The molecule has 0 bridgehead atoms. The normalized spacial score (nSPS) is 19.3. The second-order valence-corrected chi connectivity index (χ2v) is 8.52. The number of nitrogens with zero attached hydrogens (tertiary/aromatic N) is 1. The number of likely N-dealkylation sites (tertiary alicyclic amines) is 1. The van der Waals surface area contributed by atoms with E-state index >= 15 is 0 Å². The van der Waals surface area contributed by atoms with Crippen molar-refractivity contribution >= 4 is 17.4 Å². The number of hydrogen-bond acceptors (Lipinski definition) is 6. The summed E-state index contributed by atoms with van der Waals surface area (Å²) in [5.41, 5.74) is 3.73. The quantitative estimate of drug-likeness (QED) is 0.360. The highest BCUT2D eigenvalue weighted by Gasteiger charge is 2.46. The minimum absolute atomic E-state index is 0.0723. The molecule has 180 valence electrons. The predicted octanol–water partition coefficient (Wildman–Crippen LogP) is 4.04. The van der Waals surface area contributed by atoms with Gasteiger partial charge in [0.15, 0.2) is 11.5 Å². The molecule has 1 heterocycles. The van der Waals surface area contributed by atoms with Gasteiger partial charge in [0.25, 0.3) is 11.7 Å². The van der Waals surface area contributed by atoms with Gasteiger partial charge in [0.1, 0.15) is 5.76 Å². The van der Waals surface area contributed by atoms with E-state index in [0.29, 0.717) is 29.2 Å². The summed E-state index contributed by atoms with van der Waals surface area (Å²) in [5.74, 6) is -0.467. The third-order valence-electron chi connectivity index (χ3n) is 6.50. The van der Waals surface area contributed by atoms with E-state index in [1.54, 1.807) is 25.3 Å². The lowest BCUT2D eigenvalue weighted by atomic mass is 9.88. The lowest BCUT2D eigenvalue weighted by Gasteiger charge is -2.26. The zero-order chi connectivity index (χ0) is 24.2. The van der Waals surface area contributed by atoms with Crippen molar-refractivity contribution in [3.63, 3.8) is 0 Å². The number of ether oxygens (including phenoxy) is 3. The lowest BCUT2D eigenvalue weighted by Crippen LogP contribution is -2.32. The summed E-state index contributed by atoms with van der Waals surface area (Å²) in [5, 5.41) is 11.3. The topological polar surface area (TPSA) is 85.3 Å². The Balaban J connectivity index is 1.84. The van der Waals surface area contributed by atoms with Crippen LogP contribution in [0.2, 0.25) is 0 Å². The summed E-state index contributed by atoms with van der Waals surface area (Å²) in [6.07, 6.45) is 4.22. The van der Waals surface area contributed by atoms with Crippen LogP contribution in [0.3, 0.4) is 0 Å². The predicted molar refractivity (Wildman–Crippen MR) is 128 cm³/mol. The molecule has 1 aliphatic heterocycles. The average molecular weight is 466 g/mol. The molecule has 2 aliphatic rings. The van der Waals surface area contributed by atoms with Crippen LogP contribution in [-0.4, -0.2) is 55.7 Å². The molecule has 4 rings (SSSR count). The van der Waals surface area contributed by atoms with Gasteiger partial charge in [-0.3, -0.25) is 9.59 Å². The number of Topliss-reactive ketones (excluding diaryl/α,β-unsaturated/α-hetero) is 1. The van der Waals surface area contributed by atoms with Crippen LogP contribution < -0.4 is 9.47 Å². The number of amides is 1. The first-order valence-corrected chi connectivity index (χ1v) is 11.7. The maximum Gasteiger partial charge on any atom is 0.295 e. The Bertz CT molecular complexity index is 1120. The van der Waals surface area contributed by atoms with Crippen LogP contribution in [0.5, 0.6) is 11.5 Å². The number of aryl methyl sites for hydroxylation is 2. The second kappa shape index (κ2) is 10.3. The highest BCUT2D eigenvalue weighted by Crippen LogP contribution is 2.42. The minimum atomic E-state index is -0.768. The van der Waals surface area contributed by atoms with Gasteiger partial charge < -0.3 is 24.2 Å². The molecule has 2 aromatic rings. The van der Waals surface area contributed by atoms with Crippen LogP contribution in [0.15, 0.2) is 42.0 Å². The fourth-order valence-electron chi connectivity index (χ4n) is 4.81. The Labute approximate surface area is 199 Å². The summed E-state index contributed by atoms with van der Waals surface area (Å²) in [4.78, 5) is 27.7. The molecule has 1 N–H and O–H groups in total. The number of aliphatic hydroxyl groups is 1. The van der Waals surface area contributed by atoms with E-state index in [4.69, 9.17) is 14.2 Å². The highest BCUT2D eigenvalue weighted by atomic mass is 16.5. The van der Waals surface area contributed by atoms with E-state index in [-0.39, 0.29) is 24.5 Å². The molecule has 0 spiro atoms. The van der Waals surface area contributed by atoms with Gasteiger partial charge >= 0.3 is 0 Å². The average Bonchev–Trinajstić information content (AvgIpc) is 3.12. The van der Waals surface area contributed by atoms with Crippen molar-refractivity contribution in [3.8, 4) is 11.5 Å². The molecule has 7 heteroatoms. The van der Waals surface area contributed by atoms with Crippen LogP contribution >= 0.6 is 0 Å². The SMILES string of the molecule is CCOc1ccc(C2/C(=C(\O)c3ccc4c(c3)CCCC4)C(=O)C(=O)N2CCOC)cc1OC. The van der Waals surface area contributed by atoms with Gasteiger partial charge in [-0.25, -0.2) is 0 Å². The number of aliphatic hydroxyl groups excluding tert-OH is 1. The van der Waals surface area contributed by atoms with Crippen molar-refractivity contribution in [2.24, 2.45) is 0 Å². The van der Waals surface area contributed by atoms with Crippen molar-refractivity contribution in [1.82, 2.24) is 4.90 Å². The van der Waals surface area contributed by atoms with E-state index in [1.807, 2.05) is 25.1 Å². The monoisotopic (exact) mass is 465 g/mol. The maximum absolute atomic E-state index is 13.2. The first-order valence-electron chi connectivity index (χ1n) is 11.7. The third kappa shape index (κ3) is 4.40. The lowest BCUT2D eigenvalue weighted by molar-refractivity contribution is -0.140. The zero-order valence-electron chi connectivity index (χ0n) is 19.9. The molecule has 1 amide bonds. The summed E-state index contributed by atoms with van der Waals surface area (Å²) in [6.45, 7) is 2.82. The van der Waals surface area contributed by atoms with Gasteiger partial charge in [0, 0.05) is 19.2 Å². The number of methoxy groups -OCH3 is 2. The van der Waals surface area contributed by atoms with Crippen molar-refractivity contribution in [2.75, 3.05) is 34.0 Å². The number of hydrogen-bond donors (Lipinski definition) is 1. The molecule has 7 nitrogen and oxygen atoms in total. The van der Waals surface area contributed by atoms with E-state index in [2.05, 4.69) is 0 Å². The van der Waals surface area contributed by atoms with E-state index in [1.165, 1.54) is 23.1 Å². The largest absolute Gasteiger partial charge is 0.507 e. The fourth-order valence-corrected chi connectivity index (χ4v) is 4.81. The van der Waals surface area contributed by atoms with Crippen molar-refractivity contribution in [2.45, 2.75) is 38.6 Å². The molecule has 1 saturated heterocycles. The number of carbonyl (C=O) groups excluding carboxylic acids is 2. The highest BCUT2D eigenvalue weighted by molar-refractivity contribution is 6.46. The number of ketones is 1. The summed E-state index contributed by atoms with van der Waals surface area (Å²) in [7, 11) is 3.08. The third-order valence-corrected chi connectivity index (χ3v) is 6.50. The van der Waals surface area contributed by atoms with Crippen LogP contribution in [-0.2, 0) is 27.2 Å². The minimum Gasteiger partial charge on any atom is -0.507 e. The Morgan fingerprint density at radius 2 is 1.79 bits per heavy atom. The number of fused-ring (bicyclic) bond motifs is 1. The molecule has 1 atom stereocenters. The molecule has 1 unspecified atom stereocenters. The Hall–Kier alpha value is -3.32. The summed E-state index contributed by atoms with van der Waals surface area (Å²) in [6, 6.07) is 10.3. The van der Waals surface area contributed by atoms with Crippen LogP contribution in [0, 0.1) is 0 Å². The van der Waals surface area contributed by atoms with Crippen LogP contribution in [0.4, 0.5) is 0 Å². The zero-order valence-corrected chi connectivity index (χ0v) is 19.9. The standard InChI is InChI=1S/C27H31NO6/c1-4-34-21-12-11-19(16-22(21)33-3)24-23(26(30)27(31)28(24)13-14-32-2)25(29)20-10-9-17-7-5-6-8-18(17)15-20/h9-12,15-16,24,29H,4-8,13-14H2,1-3H3/b25-23+. The van der Waals surface area contributed by atoms with Gasteiger partial charge in [0.05, 0.1) is 31.9 Å². The Morgan fingerprint density at radius 3 is 2.50 bits per heavy atom. The summed E-state index contributed by atoms with van der Waals surface area (Å²) < 4.78 is 16.3. The summed E-state index contributed by atoms with van der Waals surface area (Å²) >= 11 is 0. The molecule has 1 aliphatic carbocycles. The molecular weight excluding hydrogens is 434 g/mol. The maximum atomic E-state index is 13.2. The number of rotatable bonds is 8. The number of benzene rings is 2. The van der Waals surface area contributed by atoms with E-state index < -0.39 is 17.7 Å². The molecular formula is C27H31NO6. The molecule has 34 heavy (non-hydrogen) atoms. The second-order valence-electron chi connectivity index (χ2n) is 8.52. The molecule has 1 fully saturated rings. The number of carbonyl (C=O) groups is 2. The van der Waals surface area contributed by atoms with Gasteiger partial charge in [-0.1, -0.05) is 18.2 Å². The smallest absolute Gasteiger partial charge is 0.295 e. The molecule has 0 aromatic heterocycles. The van der Waals surface area contributed by atoms with Gasteiger partial charge in [0.2, 0.25) is 0 Å². The van der Waals surface area contributed by atoms with Gasteiger partial charge in [-0.15, -0.1) is 0 Å². The molecule has 2 aromatic carbocycles. The van der Waals surface area contributed by atoms with Crippen LogP contribution in [0.1, 0.15) is 48.1 Å². The van der Waals surface area contributed by atoms with Gasteiger partial charge in [-0.05, 0) is 67.5 Å². The van der Waals surface area contributed by atoms with E-state index in [9.17, 15) is 14.7 Å².